The van der Waals surface area contributed by atoms with Crippen molar-refractivity contribution in [3.8, 4) is 0 Å². The van der Waals surface area contributed by atoms with Crippen LogP contribution in [0.3, 0.4) is 0 Å². The van der Waals surface area contributed by atoms with Crippen molar-refractivity contribution >= 4 is 57.0 Å². The number of thiophene rings is 1. The summed E-state index contributed by atoms with van der Waals surface area (Å²) in [7, 11) is -3.70. The van der Waals surface area contributed by atoms with Gasteiger partial charge in [0.05, 0.1) is 4.34 Å². The number of nitrogens with one attached hydrogen (secondary N) is 1. The van der Waals surface area contributed by atoms with E-state index in [1.54, 1.807) is 0 Å². The summed E-state index contributed by atoms with van der Waals surface area (Å²) in [6, 6.07) is 1.35. The second kappa shape index (κ2) is 7.45. The van der Waals surface area contributed by atoms with Crippen LogP contribution in [0.25, 0.3) is 0 Å². The molecule has 1 aromatic heterocycles. The predicted molar refractivity (Wildman–Crippen MR) is 84.3 cm³/mol. The number of rotatable bonds is 6. The number of hydrogen-bond acceptors (Lipinski definition) is 4. The smallest absolute Gasteiger partial charge is 0.243 e. The summed E-state index contributed by atoms with van der Waals surface area (Å²) in [5.74, 6) is 0. The normalized spacial score (nSPS) is 12.3. The minimum atomic E-state index is -3.70. The first-order valence-electron chi connectivity index (χ1n) is 5.49. The molecular formula is C10H17Cl3N2O2S2. The fraction of sp³-hybridized carbons (Fsp3) is 0.600. The monoisotopic (exact) mass is 366 g/mol. The first-order valence-corrected chi connectivity index (χ1v) is 8.54. The maximum absolute atomic E-state index is 12.3. The van der Waals surface area contributed by atoms with E-state index in [4.69, 9.17) is 28.9 Å². The van der Waals surface area contributed by atoms with E-state index in [0.717, 1.165) is 11.3 Å². The summed E-state index contributed by atoms with van der Waals surface area (Å²) >= 11 is 12.7. The standard InChI is InChI=1S/C10H16Cl2N2O2S2.ClH/c1-3-10(4-2,6-13)14-18(15,16)7-5-8(11)17-9(7)12;/h5,14H,3-4,6,13H2,1-2H3;1H. The van der Waals surface area contributed by atoms with Gasteiger partial charge >= 0.3 is 0 Å². The Bertz CT molecular complexity index is 505. The van der Waals surface area contributed by atoms with Crippen molar-refractivity contribution in [2.45, 2.75) is 37.1 Å². The van der Waals surface area contributed by atoms with E-state index < -0.39 is 15.6 Å². The van der Waals surface area contributed by atoms with Gasteiger partial charge in [0.2, 0.25) is 10.0 Å². The van der Waals surface area contributed by atoms with Crippen LogP contribution in [-0.2, 0) is 10.0 Å². The van der Waals surface area contributed by atoms with Gasteiger partial charge in [0.15, 0.2) is 0 Å². The molecule has 0 atom stereocenters. The SMILES string of the molecule is CCC(CC)(CN)NS(=O)(=O)c1cc(Cl)sc1Cl.Cl. The van der Waals surface area contributed by atoms with E-state index in [9.17, 15) is 8.42 Å². The highest BCUT2D eigenvalue weighted by molar-refractivity contribution is 7.89. The molecule has 4 nitrogen and oxygen atoms in total. The molecule has 1 aromatic rings. The fourth-order valence-electron chi connectivity index (χ4n) is 1.57. The Morgan fingerprint density at radius 2 is 1.89 bits per heavy atom. The lowest BCUT2D eigenvalue weighted by Crippen LogP contribution is -2.52. The zero-order chi connectivity index (χ0) is 14.0. The largest absolute Gasteiger partial charge is 0.329 e. The molecule has 0 saturated carbocycles. The van der Waals surface area contributed by atoms with Crippen LogP contribution in [0.4, 0.5) is 0 Å². The lowest BCUT2D eigenvalue weighted by molar-refractivity contribution is 0.363. The molecule has 0 bridgehead atoms. The average molecular weight is 368 g/mol. The summed E-state index contributed by atoms with van der Waals surface area (Å²) in [5, 5.41) is 0. The van der Waals surface area contributed by atoms with Gasteiger partial charge < -0.3 is 5.73 Å². The van der Waals surface area contributed by atoms with Crippen LogP contribution >= 0.6 is 46.9 Å². The lowest BCUT2D eigenvalue weighted by atomic mass is 9.95. The molecule has 0 aliphatic heterocycles. The van der Waals surface area contributed by atoms with Crippen LogP contribution in [0, 0.1) is 0 Å². The van der Waals surface area contributed by atoms with Crippen molar-refractivity contribution in [1.29, 1.82) is 0 Å². The molecule has 1 heterocycles. The van der Waals surface area contributed by atoms with Crippen molar-refractivity contribution in [3.63, 3.8) is 0 Å². The van der Waals surface area contributed by atoms with Crippen LogP contribution in [0.1, 0.15) is 26.7 Å². The average Bonchev–Trinajstić information content (AvgIpc) is 2.66. The topological polar surface area (TPSA) is 72.2 Å². The molecular weight excluding hydrogens is 351 g/mol. The van der Waals surface area contributed by atoms with Gasteiger partial charge in [0.1, 0.15) is 9.23 Å². The summed E-state index contributed by atoms with van der Waals surface area (Å²) in [6.07, 6.45) is 1.21. The summed E-state index contributed by atoms with van der Waals surface area (Å²) in [5.41, 5.74) is 5.03. The highest BCUT2D eigenvalue weighted by Crippen LogP contribution is 2.34. The maximum Gasteiger partial charge on any atom is 0.243 e. The molecule has 0 radical (unpaired) electrons. The third-order valence-corrected chi connectivity index (χ3v) is 6.34. The van der Waals surface area contributed by atoms with Gasteiger partial charge in [-0.15, -0.1) is 23.7 Å². The van der Waals surface area contributed by atoms with Gasteiger partial charge in [-0.3, -0.25) is 0 Å². The van der Waals surface area contributed by atoms with Crippen molar-refractivity contribution < 1.29 is 8.42 Å². The number of halogens is 3. The van der Waals surface area contributed by atoms with Crippen molar-refractivity contribution in [2.24, 2.45) is 5.73 Å². The first kappa shape index (κ1) is 19.4. The molecule has 19 heavy (non-hydrogen) atoms. The van der Waals surface area contributed by atoms with Gasteiger partial charge in [-0.1, -0.05) is 37.0 Å². The van der Waals surface area contributed by atoms with Crippen LogP contribution in [0.2, 0.25) is 8.67 Å². The zero-order valence-corrected chi connectivity index (χ0v) is 14.5. The van der Waals surface area contributed by atoms with Gasteiger partial charge in [0, 0.05) is 12.1 Å². The first-order chi connectivity index (χ1) is 8.30. The van der Waals surface area contributed by atoms with Crippen molar-refractivity contribution in [2.75, 3.05) is 6.54 Å². The molecule has 0 amide bonds. The third-order valence-electron chi connectivity index (χ3n) is 3.01. The van der Waals surface area contributed by atoms with E-state index in [-0.39, 0.29) is 28.2 Å². The van der Waals surface area contributed by atoms with Gasteiger partial charge in [-0.2, -0.15) is 0 Å². The molecule has 0 aliphatic carbocycles. The molecule has 0 unspecified atom stereocenters. The van der Waals surface area contributed by atoms with Crippen molar-refractivity contribution in [1.82, 2.24) is 4.72 Å². The molecule has 0 aliphatic rings. The second-order valence-electron chi connectivity index (χ2n) is 3.99. The number of nitrogens with two attached hydrogens (primary N) is 1. The van der Waals surface area contributed by atoms with Gasteiger partial charge in [0.25, 0.3) is 0 Å². The highest BCUT2D eigenvalue weighted by Gasteiger charge is 2.32. The van der Waals surface area contributed by atoms with Crippen LogP contribution in [0.15, 0.2) is 11.0 Å². The minimum Gasteiger partial charge on any atom is -0.329 e. The predicted octanol–water partition coefficient (Wildman–Crippen LogP) is 3.27. The van der Waals surface area contributed by atoms with Gasteiger partial charge in [-0.25, -0.2) is 13.1 Å². The molecule has 1 rings (SSSR count). The number of hydrogen-bond donors (Lipinski definition) is 2. The third kappa shape index (κ3) is 4.46. The fourth-order valence-corrected chi connectivity index (χ4v) is 5.28. The Kier molecular flexibility index (Phi) is 7.62. The Morgan fingerprint density at radius 3 is 2.21 bits per heavy atom. The Hall–Kier alpha value is 0.440. The minimum absolute atomic E-state index is 0. The highest BCUT2D eigenvalue weighted by atomic mass is 35.5. The summed E-state index contributed by atoms with van der Waals surface area (Å²) in [4.78, 5) is 0.0129. The second-order valence-corrected chi connectivity index (χ2v) is 7.92. The molecule has 112 valence electrons. The van der Waals surface area contributed by atoms with Crippen molar-refractivity contribution in [3.05, 3.63) is 14.7 Å². The molecule has 3 N–H and O–H groups in total. The van der Waals surface area contributed by atoms with Crippen LogP contribution in [0.5, 0.6) is 0 Å². The van der Waals surface area contributed by atoms with E-state index in [0.29, 0.717) is 17.2 Å². The lowest BCUT2D eigenvalue weighted by Gasteiger charge is -2.30. The molecule has 0 spiro atoms. The van der Waals surface area contributed by atoms with E-state index in [1.807, 2.05) is 13.8 Å². The van der Waals surface area contributed by atoms with Crippen LogP contribution < -0.4 is 10.5 Å². The Balaban J connectivity index is 0.00000324. The Labute approximate surface area is 134 Å². The number of sulfonamides is 1. The maximum atomic E-state index is 12.3. The molecule has 0 fully saturated rings. The van der Waals surface area contributed by atoms with E-state index in [2.05, 4.69) is 4.72 Å². The summed E-state index contributed by atoms with van der Waals surface area (Å²) in [6.45, 7) is 4.01. The van der Waals surface area contributed by atoms with Gasteiger partial charge in [-0.05, 0) is 18.9 Å². The quantitative estimate of drug-likeness (QED) is 0.810. The van der Waals surface area contributed by atoms with Crippen LogP contribution in [-0.4, -0.2) is 20.5 Å². The Morgan fingerprint density at radius 1 is 1.37 bits per heavy atom. The molecule has 0 saturated heterocycles. The summed E-state index contributed by atoms with van der Waals surface area (Å²) < 4.78 is 27.6. The van der Waals surface area contributed by atoms with E-state index in [1.165, 1.54) is 6.07 Å². The molecule has 0 aromatic carbocycles. The molecule has 9 heteroatoms. The zero-order valence-electron chi connectivity index (χ0n) is 10.6. The van der Waals surface area contributed by atoms with E-state index >= 15 is 0 Å².